The van der Waals surface area contributed by atoms with E-state index in [1.807, 2.05) is 54.6 Å². The number of aliphatic hydroxyl groups excluding tert-OH is 1. The van der Waals surface area contributed by atoms with E-state index in [0.29, 0.717) is 23.1 Å². The number of aliphatic hydroxyl groups is 1. The van der Waals surface area contributed by atoms with Gasteiger partial charge >= 0.3 is 5.97 Å². The van der Waals surface area contributed by atoms with Gasteiger partial charge in [0.2, 0.25) is 5.89 Å². The lowest BCUT2D eigenvalue weighted by molar-refractivity contribution is -0.133. The van der Waals surface area contributed by atoms with Gasteiger partial charge in [0.15, 0.2) is 0 Å². The Labute approximate surface area is 176 Å². The average Bonchev–Trinajstić information content (AvgIpc) is 3.39. The normalized spacial score (nSPS) is 12.0. The van der Waals surface area contributed by atoms with Gasteiger partial charge in [-0.05, 0) is 17.7 Å². The summed E-state index contributed by atoms with van der Waals surface area (Å²) in [5, 5.41) is 18.9. The first kappa shape index (κ1) is 19.7. The molecule has 8 nitrogen and oxygen atoms in total. The van der Waals surface area contributed by atoms with E-state index in [0.717, 1.165) is 22.8 Å². The molecule has 9 heteroatoms. The number of hydrogen-bond acceptors (Lipinski definition) is 8. The van der Waals surface area contributed by atoms with Crippen LogP contribution in [0, 0.1) is 0 Å². The van der Waals surface area contributed by atoms with Crippen molar-refractivity contribution in [1.82, 2.24) is 20.2 Å². The highest BCUT2D eigenvalue weighted by molar-refractivity contribution is 7.99. The van der Waals surface area contributed by atoms with E-state index in [1.165, 1.54) is 7.11 Å². The van der Waals surface area contributed by atoms with Crippen LogP contribution in [-0.2, 0) is 16.0 Å². The number of H-pyrrole nitrogens is 1. The second-order valence-electron chi connectivity index (χ2n) is 6.33. The van der Waals surface area contributed by atoms with Crippen LogP contribution in [0.3, 0.4) is 0 Å². The standard InChI is InChI=1S/C21H18N4O4S/c1-28-20(27)18(19-22-14-9-5-6-10-15(14)23-19)16(26)12-30-21-25-24-17(29-21)11-13-7-3-2-4-8-13/h2-10,26H,11-12H2,1H3,(H,22,23)/b18-16+. The van der Waals surface area contributed by atoms with E-state index >= 15 is 0 Å². The highest BCUT2D eigenvalue weighted by Gasteiger charge is 2.22. The van der Waals surface area contributed by atoms with E-state index in [9.17, 15) is 9.90 Å². The summed E-state index contributed by atoms with van der Waals surface area (Å²) < 4.78 is 10.5. The van der Waals surface area contributed by atoms with Gasteiger partial charge in [0.25, 0.3) is 5.22 Å². The number of para-hydroxylation sites is 2. The van der Waals surface area contributed by atoms with E-state index in [-0.39, 0.29) is 22.9 Å². The molecule has 0 aliphatic rings. The predicted octanol–water partition coefficient (Wildman–Crippen LogP) is 3.77. The molecular weight excluding hydrogens is 404 g/mol. The zero-order chi connectivity index (χ0) is 20.9. The van der Waals surface area contributed by atoms with Crippen LogP contribution < -0.4 is 0 Å². The van der Waals surface area contributed by atoms with Crippen LogP contribution in [0.15, 0.2) is 70.0 Å². The molecule has 152 valence electrons. The SMILES string of the molecule is COC(=O)/C(=C(/O)CSc1nnc(Cc2ccccc2)o1)c1nc2ccccc2[nH]1. The Morgan fingerprint density at radius 1 is 1.13 bits per heavy atom. The fourth-order valence-electron chi connectivity index (χ4n) is 2.87. The first-order chi connectivity index (χ1) is 14.6. The summed E-state index contributed by atoms with van der Waals surface area (Å²) in [5.41, 5.74) is 2.44. The average molecular weight is 422 g/mol. The van der Waals surface area contributed by atoms with Gasteiger partial charge in [-0.1, -0.05) is 54.2 Å². The van der Waals surface area contributed by atoms with Gasteiger partial charge < -0.3 is 19.2 Å². The number of carbonyl (C=O) groups excluding carboxylic acids is 1. The van der Waals surface area contributed by atoms with E-state index < -0.39 is 5.97 Å². The number of aromatic amines is 1. The number of hydrogen-bond donors (Lipinski definition) is 2. The molecule has 0 aliphatic heterocycles. The molecular formula is C21H18N4O4S. The quantitative estimate of drug-likeness (QED) is 0.200. The number of carbonyl (C=O) groups is 1. The molecule has 0 aliphatic carbocycles. The second-order valence-corrected chi connectivity index (χ2v) is 7.26. The Morgan fingerprint density at radius 2 is 1.90 bits per heavy atom. The van der Waals surface area contributed by atoms with Gasteiger partial charge in [0.05, 0.1) is 30.3 Å². The van der Waals surface area contributed by atoms with Gasteiger partial charge in [-0.25, -0.2) is 9.78 Å². The maximum absolute atomic E-state index is 12.3. The third kappa shape index (κ3) is 4.36. The minimum Gasteiger partial charge on any atom is -0.510 e. The number of benzene rings is 2. The zero-order valence-electron chi connectivity index (χ0n) is 16.0. The zero-order valence-corrected chi connectivity index (χ0v) is 16.8. The lowest BCUT2D eigenvalue weighted by Gasteiger charge is -2.06. The van der Waals surface area contributed by atoms with Crippen LogP contribution in [0.4, 0.5) is 0 Å². The first-order valence-electron chi connectivity index (χ1n) is 9.08. The largest absolute Gasteiger partial charge is 0.510 e. The molecule has 0 saturated carbocycles. The maximum atomic E-state index is 12.3. The van der Waals surface area contributed by atoms with Crippen LogP contribution >= 0.6 is 11.8 Å². The summed E-state index contributed by atoms with van der Waals surface area (Å²) >= 11 is 1.12. The molecule has 4 rings (SSSR count). The molecule has 2 N–H and O–H groups in total. The molecule has 0 fully saturated rings. The highest BCUT2D eigenvalue weighted by Crippen LogP contribution is 2.25. The molecule has 0 bridgehead atoms. The van der Waals surface area contributed by atoms with Crippen molar-refractivity contribution in [2.75, 3.05) is 12.9 Å². The number of imidazole rings is 1. The minimum absolute atomic E-state index is 0.0362. The molecule has 0 atom stereocenters. The third-order valence-electron chi connectivity index (χ3n) is 4.28. The van der Waals surface area contributed by atoms with Crippen molar-refractivity contribution >= 4 is 34.3 Å². The van der Waals surface area contributed by atoms with Crippen LogP contribution in [0.2, 0.25) is 0 Å². The van der Waals surface area contributed by atoms with Gasteiger partial charge in [-0.3, -0.25) is 0 Å². The number of thioether (sulfide) groups is 1. The molecule has 4 aromatic rings. The topological polar surface area (TPSA) is 114 Å². The van der Waals surface area contributed by atoms with Crippen molar-refractivity contribution in [3.05, 3.63) is 77.6 Å². The molecule has 0 radical (unpaired) electrons. The number of aromatic nitrogens is 4. The predicted molar refractivity (Wildman–Crippen MR) is 112 cm³/mol. The Hall–Kier alpha value is -3.59. The fourth-order valence-corrected chi connectivity index (χ4v) is 3.52. The molecule has 0 unspecified atom stereocenters. The van der Waals surface area contributed by atoms with Crippen LogP contribution in [0.1, 0.15) is 17.3 Å². The van der Waals surface area contributed by atoms with E-state index in [2.05, 4.69) is 20.2 Å². The number of esters is 1. The number of nitrogens with one attached hydrogen (secondary N) is 1. The molecule has 0 saturated heterocycles. The maximum Gasteiger partial charge on any atom is 0.345 e. The summed E-state index contributed by atoms with van der Waals surface area (Å²) in [5.74, 6) is -0.153. The number of ether oxygens (including phenoxy) is 1. The van der Waals surface area contributed by atoms with Crippen molar-refractivity contribution < 1.29 is 19.1 Å². The molecule has 2 aromatic heterocycles. The number of fused-ring (bicyclic) bond motifs is 1. The Balaban J connectivity index is 1.52. The van der Waals surface area contributed by atoms with Crippen molar-refractivity contribution in [1.29, 1.82) is 0 Å². The van der Waals surface area contributed by atoms with Gasteiger partial charge in [0.1, 0.15) is 17.2 Å². The monoisotopic (exact) mass is 422 g/mol. The second kappa shape index (κ2) is 8.83. The fraction of sp³-hybridized carbons (Fsp3) is 0.143. The molecule has 0 amide bonds. The first-order valence-corrected chi connectivity index (χ1v) is 10.1. The summed E-state index contributed by atoms with van der Waals surface area (Å²) in [6, 6.07) is 17.1. The summed E-state index contributed by atoms with van der Waals surface area (Å²) in [4.78, 5) is 19.7. The number of methoxy groups -OCH3 is 1. The van der Waals surface area contributed by atoms with Crippen molar-refractivity contribution in [3.63, 3.8) is 0 Å². The molecule has 2 heterocycles. The van der Waals surface area contributed by atoms with E-state index in [4.69, 9.17) is 9.15 Å². The summed E-state index contributed by atoms with van der Waals surface area (Å²) in [6.07, 6.45) is 0.516. The minimum atomic E-state index is -0.692. The molecule has 0 spiro atoms. The Bertz CT molecular complexity index is 1170. The van der Waals surface area contributed by atoms with Gasteiger partial charge in [-0.2, -0.15) is 0 Å². The lowest BCUT2D eigenvalue weighted by atomic mass is 10.2. The van der Waals surface area contributed by atoms with Crippen molar-refractivity contribution in [3.8, 4) is 0 Å². The Kier molecular flexibility index (Phi) is 5.80. The lowest BCUT2D eigenvalue weighted by Crippen LogP contribution is -2.09. The number of nitrogens with zero attached hydrogens (tertiary/aromatic N) is 3. The smallest absolute Gasteiger partial charge is 0.345 e. The van der Waals surface area contributed by atoms with Gasteiger partial charge in [-0.15, -0.1) is 10.2 Å². The molecule has 2 aromatic carbocycles. The van der Waals surface area contributed by atoms with Crippen LogP contribution in [-0.4, -0.2) is 44.1 Å². The van der Waals surface area contributed by atoms with Crippen molar-refractivity contribution in [2.45, 2.75) is 11.6 Å². The molecule has 30 heavy (non-hydrogen) atoms. The third-order valence-corrected chi connectivity index (χ3v) is 5.11. The van der Waals surface area contributed by atoms with E-state index in [1.54, 1.807) is 0 Å². The van der Waals surface area contributed by atoms with Crippen LogP contribution in [0.5, 0.6) is 0 Å². The van der Waals surface area contributed by atoms with Crippen molar-refractivity contribution in [2.24, 2.45) is 0 Å². The summed E-state index contributed by atoms with van der Waals surface area (Å²) in [7, 11) is 1.25. The highest BCUT2D eigenvalue weighted by atomic mass is 32.2. The number of rotatable bonds is 7. The Morgan fingerprint density at radius 3 is 2.67 bits per heavy atom. The summed E-state index contributed by atoms with van der Waals surface area (Å²) in [6.45, 7) is 0. The van der Waals surface area contributed by atoms with Gasteiger partial charge in [0, 0.05) is 0 Å². The van der Waals surface area contributed by atoms with Crippen LogP contribution in [0.25, 0.3) is 16.6 Å².